The van der Waals surface area contributed by atoms with Crippen LogP contribution in [0, 0.1) is 12.8 Å². The Morgan fingerprint density at radius 2 is 2.12 bits per heavy atom. The van der Waals surface area contributed by atoms with Crippen molar-refractivity contribution in [2.75, 3.05) is 13.1 Å². The van der Waals surface area contributed by atoms with E-state index in [9.17, 15) is 18.0 Å². The first-order chi connectivity index (χ1) is 12.3. The summed E-state index contributed by atoms with van der Waals surface area (Å²) < 4.78 is 42.6. The fourth-order valence-electron chi connectivity index (χ4n) is 3.26. The maximum atomic E-state index is 12.4. The van der Waals surface area contributed by atoms with Crippen LogP contribution in [0.3, 0.4) is 0 Å². The fourth-order valence-corrected chi connectivity index (χ4v) is 3.26. The molecule has 1 atom stereocenters. The zero-order valence-electron chi connectivity index (χ0n) is 14.4. The molecule has 8 heteroatoms. The Kier molecular flexibility index (Phi) is 5.29. The van der Waals surface area contributed by atoms with Gasteiger partial charge in [-0.15, -0.1) is 0 Å². The molecule has 1 aromatic carbocycles. The highest BCUT2D eigenvalue weighted by atomic mass is 19.4. The Bertz CT molecular complexity index is 773. The number of halogens is 3. The number of alkyl halides is 3. The summed E-state index contributed by atoms with van der Waals surface area (Å²) in [6.07, 6.45) is -3.93. The molecule has 1 amide bonds. The molecule has 0 aliphatic carbocycles. The van der Waals surface area contributed by atoms with Gasteiger partial charge in [0.1, 0.15) is 6.42 Å². The maximum Gasteiger partial charge on any atom is 0.397 e. The van der Waals surface area contributed by atoms with Crippen LogP contribution < -0.4 is 0 Å². The second kappa shape index (κ2) is 7.47. The Morgan fingerprint density at radius 1 is 1.35 bits per heavy atom. The molecule has 0 bridgehead atoms. The van der Waals surface area contributed by atoms with Crippen molar-refractivity contribution in [3.05, 3.63) is 35.7 Å². The second-order valence-corrected chi connectivity index (χ2v) is 6.67. The lowest BCUT2D eigenvalue weighted by Gasteiger charge is -2.32. The van der Waals surface area contributed by atoms with E-state index in [4.69, 9.17) is 4.52 Å². The van der Waals surface area contributed by atoms with Crippen LogP contribution in [0.2, 0.25) is 0 Å². The van der Waals surface area contributed by atoms with Crippen LogP contribution in [-0.2, 0) is 11.2 Å². The van der Waals surface area contributed by atoms with Gasteiger partial charge in [0.05, 0.1) is 0 Å². The molecule has 2 aromatic rings. The second-order valence-electron chi connectivity index (χ2n) is 6.67. The van der Waals surface area contributed by atoms with Gasteiger partial charge in [0.15, 0.2) is 0 Å². The van der Waals surface area contributed by atoms with E-state index in [0.29, 0.717) is 31.1 Å². The van der Waals surface area contributed by atoms with Gasteiger partial charge in [0.25, 0.3) is 0 Å². The zero-order chi connectivity index (χ0) is 18.7. The summed E-state index contributed by atoms with van der Waals surface area (Å²) in [6, 6.07) is 7.68. The van der Waals surface area contributed by atoms with Crippen LogP contribution in [0.15, 0.2) is 28.8 Å². The van der Waals surface area contributed by atoms with Crippen molar-refractivity contribution in [2.24, 2.45) is 5.92 Å². The van der Waals surface area contributed by atoms with Crippen molar-refractivity contribution < 1.29 is 22.5 Å². The minimum Gasteiger partial charge on any atom is -0.342 e. The molecule has 0 saturated carbocycles. The number of rotatable bonds is 4. The molecular weight excluding hydrogens is 347 g/mol. The molecule has 1 aliphatic rings. The van der Waals surface area contributed by atoms with Gasteiger partial charge in [0, 0.05) is 25.1 Å². The molecule has 1 fully saturated rings. The molecule has 1 saturated heterocycles. The third kappa shape index (κ3) is 4.62. The predicted molar refractivity (Wildman–Crippen MR) is 88.2 cm³/mol. The Labute approximate surface area is 149 Å². The maximum absolute atomic E-state index is 12.4. The number of nitrogens with zero attached hydrogens (tertiary/aromatic N) is 3. The average molecular weight is 367 g/mol. The Morgan fingerprint density at radius 3 is 2.85 bits per heavy atom. The van der Waals surface area contributed by atoms with Crippen LogP contribution >= 0.6 is 0 Å². The van der Waals surface area contributed by atoms with E-state index in [1.54, 1.807) is 0 Å². The smallest absolute Gasteiger partial charge is 0.342 e. The molecule has 26 heavy (non-hydrogen) atoms. The number of piperidine rings is 1. The summed E-state index contributed by atoms with van der Waals surface area (Å²) >= 11 is 0. The molecule has 140 valence electrons. The number of likely N-dealkylation sites (tertiary alicyclic amines) is 1. The summed E-state index contributed by atoms with van der Waals surface area (Å²) in [4.78, 5) is 17.5. The first-order valence-electron chi connectivity index (χ1n) is 8.55. The van der Waals surface area contributed by atoms with Gasteiger partial charge in [-0.05, 0) is 31.2 Å². The monoisotopic (exact) mass is 367 g/mol. The fraction of sp³-hybridized carbons (Fsp3) is 0.500. The van der Waals surface area contributed by atoms with Crippen molar-refractivity contribution in [1.29, 1.82) is 0 Å². The van der Waals surface area contributed by atoms with E-state index >= 15 is 0 Å². The highest BCUT2D eigenvalue weighted by molar-refractivity contribution is 5.76. The standard InChI is InChI=1S/C18H20F3N3O2/c1-12-5-2-3-7-14(12)17-22-15(26-23-17)9-13-6-4-8-24(11-13)16(25)10-18(19,20)21/h2-3,5,7,13H,4,6,8-11H2,1H3/t13-/m0/s1. The number of carbonyl (C=O) groups is 1. The van der Waals surface area contributed by atoms with Crippen LogP contribution in [-0.4, -0.2) is 40.2 Å². The van der Waals surface area contributed by atoms with Crippen LogP contribution in [0.25, 0.3) is 11.4 Å². The largest absolute Gasteiger partial charge is 0.397 e. The van der Waals surface area contributed by atoms with Crippen molar-refractivity contribution in [3.8, 4) is 11.4 Å². The van der Waals surface area contributed by atoms with Gasteiger partial charge in [-0.2, -0.15) is 18.2 Å². The van der Waals surface area contributed by atoms with Crippen molar-refractivity contribution in [1.82, 2.24) is 15.0 Å². The van der Waals surface area contributed by atoms with Gasteiger partial charge >= 0.3 is 6.18 Å². The SMILES string of the molecule is Cc1ccccc1-c1noc(C[C@@H]2CCCN(C(=O)CC(F)(F)F)C2)n1. The van der Waals surface area contributed by atoms with Crippen molar-refractivity contribution in [2.45, 2.75) is 38.8 Å². The summed E-state index contributed by atoms with van der Waals surface area (Å²) in [5.41, 5.74) is 1.91. The number of hydrogen-bond acceptors (Lipinski definition) is 4. The molecule has 0 N–H and O–H groups in total. The molecule has 0 unspecified atom stereocenters. The van der Waals surface area contributed by atoms with Gasteiger partial charge in [-0.1, -0.05) is 29.4 Å². The number of hydrogen-bond donors (Lipinski definition) is 0. The average Bonchev–Trinajstić information content (AvgIpc) is 3.02. The highest BCUT2D eigenvalue weighted by Crippen LogP contribution is 2.26. The topological polar surface area (TPSA) is 59.2 Å². The molecule has 2 heterocycles. The van der Waals surface area contributed by atoms with E-state index in [2.05, 4.69) is 10.1 Å². The first-order valence-corrected chi connectivity index (χ1v) is 8.55. The Hall–Kier alpha value is -2.38. The third-order valence-electron chi connectivity index (χ3n) is 4.54. The van der Waals surface area contributed by atoms with Crippen LogP contribution in [0.5, 0.6) is 0 Å². The first kappa shape index (κ1) is 18.4. The van der Waals surface area contributed by atoms with Gasteiger partial charge in [-0.3, -0.25) is 4.79 Å². The van der Waals surface area contributed by atoms with E-state index < -0.39 is 18.5 Å². The summed E-state index contributed by atoms with van der Waals surface area (Å²) in [6.45, 7) is 2.61. The quantitative estimate of drug-likeness (QED) is 0.825. The number of aromatic nitrogens is 2. The van der Waals surface area contributed by atoms with Crippen molar-refractivity contribution >= 4 is 5.91 Å². The third-order valence-corrected chi connectivity index (χ3v) is 4.54. The van der Waals surface area contributed by atoms with Gasteiger partial charge in [0.2, 0.25) is 17.6 Å². The molecule has 3 rings (SSSR count). The number of carbonyl (C=O) groups excluding carboxylic acids is 1. The number of amides is 1. The van der Waals surface area contributed by atoms with E-state index in [1.807, 2.05) is 31.2 Å². The lowest BCUT2D eigenvalue weighted by atomic mass is 9.94. The summed E-state index contributed by atoms with van der Waals surface area (Å²) in [5, 5.41) is 4.00. The lowest BCUT2D eigenvalue weighted by Crippen LogP contribution is -2.42. The molecule has 5 nitrogen and oxygen atoms in total. The molecule has 0 radical (unpaired) electrons. The summed E-state index contributed by atoms with van der Waals surface area (Å²) in [5.74, 6) is 0.0942. The molecule has 1 aromatic heterocycles. The number of aryl methyl sites for hydroxylation is 1. The van der Waals surface area contributed by atoms with E-state index in [0.717, 1.165) is 17.5 Å². The normalized spacial score (nSPS) is 18.2. The predicted octanol–water partition coefficient (Wildman–Crippen LogP) is 3.78. The van der Waals surface area contributed by atoms with E-state index in [-0.39, 0.29) is 12.5 Å². The summed E-state index contributed by atoms with van der Waals surface area (Å²) in [7, 11) is 0. The zero-order valence-corrected chi connectivity index (χ0v) is 14.4. The minimum absolute atomic E-state index is 0.0195. The van der Waals surface area contributed by atoms with Gasteiger partial charge in [-0.25, -0.2) is 0 Å². The highest BCUT2D eigenvalue weighted by Gasteiger charge is 2.35. The van der Waals surface area contributed by atoms with Crippen LogP contribution in [0.4, 0.5) is 13.2 Å². The molecule has 1 aliphatic heterocycles. The van der Waals surface area contributed by atoms with E-state index in [1.165, 1.54) is 4.90 Å². The lowest BCUT2D eigenvalue weighted by molar-refractivity contribution is -0.162. The van der Waals surface area contributed by atoms with Gasteiger partial charge < -0.3 is 9.42 Å². The van der Waals surface area contributed by atoms with Crippen LogP contribution in [0.1, 0.15) is 30.7 Å². The number of benzene rings is 1. The minimum atomic E-state index is -4.47. The van der Waals surface area contributed by atoms with Crippen molar-refractivity contribution in [3.63, 3.8) is 0 Å². The Balaban J connectivity index is 1.63. The molecule has 0 spiro atoms. The molecular formula is C18H20F3N3O2.